The predicted molar refractivity (Wildman–Crippen MR) is 105 cm³/mol. The highest BCUT2D eigenvalue weighted by atomic mass is 15.0. The molecule has 2 heteroatoms. The first-order valence-electron chi connectivity index (χ1n) is 8.99. The van der Waals surface area contributed by atoms with Crippen molar-refractivity contribution in [2.45, 2.75) is 18.4 Å². The Hall–Kier alpha value is -2.42. The van der Waals surface area contributed by atoms with Crippen LogP contribution in [0, 0.1) is 0 Å². The summed E-state index contributed by atoms with van der Waals surface area (Å²) in [4.78, 5) is 0. The number of nitrogens with one attached hydrogen (secondary N) is 1. The number of unbranched alkanes of at least 4 members (excludes halogenated alkanes) is 1. The van der Waals surface area contributed by atoms with Crippen molar-refractivity contribution >= 4 is 0 Å². The lowest BCUT2D eigenvalue weighted by Crippen LogP contribution is -2.45. The normalized spacial score (nSPS) is 11.4. The Morgan fingerprint density at radius 3 is 1.36 bits per heavy atom. The second-order valence-corrected chi connectivity index (χ2v) is 6.27. The van der Waals surface area contributed by atoms with Gasteiger partial charge in [-0.2, -0.15) is 0 Å². The molecule has 0 aromatic heterocycles. The molecule has 0 heterocycles. The fourth-order valence-corrected chi connectivity index (χ4v) is 3.42. The van der Waals surface area contributed by atoms with E-state index in [2.05, 4.69) is 96.3 Å². The molecule has 2 nitrogen and oxygen atoms in total. The molecule has 25 heavy (non-hydrogen) atoms. The lowest BCUT2D eigenvalue weighted by molar-refractivity contribution is 0.462. The lowest BCUT2D eigenvalue weighted by atomic mass is 9.77. The lowest BCUT2D eigenvalue weighted by Gasteiger charge is -2.37. The van der Waals surface area contributed by atoms with E-state index in [1.807, 2.05) is 0 Å². The van der Waals surface area contributed by atoms with E-state index in [1.165, 1.54) is 16.7 Å². The topological polar surface area (TPSA) is 38.0 Å². The van der Waals surface area contributed by atoms with Gasteiger partial charge in [-0.1, -0.05) is 91.0 Å². The molecule has 3 aromatic rings. The maximum Gasteiger partial charge on any atom is 0.0947 e. The summed E-state index contributed by atoms with van der Waals surface area (Å²) in [6.07, 6.45) is 2.09. The SMILES string of the molecule is NCCCCNC(c1ccccc1)(c1ccccc1)c1ccccc1. The second-order valence-electron chi connectivity index (χ2n) is 6.27. The quantitative estimate of drug-likeness (QED) is 0.477. The third-order valence-electron chi connectivity index (χ3n) is 4.64. The molecule has 0 amide bonds. The minimum absolute atomic E-state index is 0.363. The van der Waals surface area contributed by atoms with Gasteiger partial charge >= 0.3 is 0 Å². The minimum Gasteiger partial charge on any atom is -0.330 e. The van der Waals surface area contributed by atoms with Gasteiger partial charge in [-0.05, 0) is 42.6 Å². The highest BCUT2D eigenvalue weighted by molar-refractivity contribution is 5.49. The Balaban J connectivity index is 2.13. The monoisotopic (exact) mass is 330 g/mol. The Labute approximate surface area is 150 Å². The molecule has 128 valence electrons. The van der Waals surface area contributed by atoms with Crippen LogP contribution in [0.1, 0.15) is 29.5 Å². The third kappa shape index (κ3) is 3.81. The summed E-state index contributed by atoms with van der Waals surface area (Å²) in [7, 11) is 0. The van der Waals surface area contributed by atoms with Gasteiger partial charge in [0.1, 0.15) is 0 Å². The van der Waals surface area contributed by atoms with Crippen LogP contribution < -0.4 is 11.1 Å². The average molecular weight is 330 g/mol. The molecule has 0 atom stereocenters. The molecular formula is C23H26N2. The number of hydrogen-bond acceptors (Lipinski definition) is 2. The fraction of sp³-hybridized carbons (Fsp3) is 0.217. The molecule has 0 aliphatic carbocycles. The van der Waals surface area contributed by atoms with E-state index in [9.17, 15) is 0 Å². The molecule has 0 spiro atoms. The van der Waals surface area contributed by atoms with Crippen LogP contribution in [0.2, 0.25) is 0 Å². The Morgan fingerprint density at radius 1 is 0.600 bits per heavy atom. The zero-order valence-electron chi connectivity index (χ0n) is 14.6. The second kappa shape index (κ2) is 8.61. The number of rotatable bonds is 8. The predicted octanol–water partition coefficient (Wildman–Crippen LogP) is 4.31. The van der Waals surface area contributed by atoms with Crippen LogP contribution in [-0.4, -0.2) is 13.1 Å². The van der Waals surface area contributed by atoms with Crippen LogP contribution in [0.15, 0.2) is 91.0 Å². The number of benzene rings is 3. The fourth-order valence-electron chi connectivity index (χ4n) is 3.42. The Bertz CT molecular complexity index is 642. The molecule has 0 unspecified atom stereocenters. The van der Waals surface area contributed by atoms with E-state index in [-0.39, 0.29) is 5.54 Å². The molecule has 0 aliphatic heterocycles. The third-order valence-corrected chi connectivity index (χ3v) is 4.64. The maximum atomic E-state index is 5.68. The van der Waals surface area contributed by atoms with E-state index < -0.39 is 0 Å². The first-order chi connectivity index (χ1) is 12.4. The van der Waals surface area contributed by atoms with Gasteiger partial charge in [0.25, 0.3) is 0 Å². The largest absolute Gasteiger partial charge is 0.330 e. The van der Waals surface area contributed by atoms with Crippen molar-refractivity contribution in [2.24, 2.45) is 5.73 Å². The number of hydrogen-bond donors (Lipinski definition) is 2. The molecule has 0 radical (unpaired) electrons. The highest BCUT2D eigenvalue weighted by Gasteiger charge is 2.35. The first-order valence-corrected chi connectivity index (χ1v) is 8.99. The van der Waals surface area contributed by atoms with Gasteiger partial charge in [-0.15, -0.1) is 0 Å². The zero-order valence-corrected chi connectivity index (χ0v) is 14.6. The molecule has 3 aromatic carbocycles. The summed E-state index contributed by atoms with van der Waals surface area (Å²) in [5.41, 5.74) is 9.07. The van der Waals surface area contributed by atoms with Gasteiger partial charge < -0.3 is 5.73 Å². The number of nitrogens with two attached hydrogens (primary N) is 1. The van der Waals surface area contributed by atoms with Crippen molar-refractivity contribution in [3.8, 4) is 0 Å². The average Bonchev–Trinajstić information content (AvgIpc) is 2.70. The summed E-state index contributed by atoms with van der Waals surface area (Å²) >= 11 is 0. The van der Waals surface area contributed by atoms with Crippen LogP contribution in [-0.2, 0) is 5.54 Å². The van der Waals surface area contributed by atoms with Gasteiger partial charge in [0, 0.05) is 0 Å². The van der Waals surface area contributed by atoms with Crippen LogP contribution in [0.5, 0.6) is 0 Å². The maximum absolute atomic E-state index is 5.68. The van der Waals surface area contributed by atoms with Crippen molar-refractivity contribution in [3.05, 3.63) is 108 Å². The van der Waals surface area contributed by atoms with Gasteiger partial charge in [-0.3, -0.25) is 5.32 Å². The van der Waals surface area contributed by atoms with Crippen molar-refractivity contribution < 1.29 is 0 Å². The van der Waals surface area contributed by atoms with Crippen LogP contribution in [0.4, 0.5) is 0 Å². The van der Waals surface area contributed by atoms with Crippen molar-refractivity contribution in [3.63, 3.8) is 0 Å². The molecule has 3 rings (SSSR count). The van der Waals surface area contributed by atoms with Crippen molar-refractivity contribution in [1.82, 2.24) is 5.32 Å². The summed E-state index contributed by atoms with van der Waals surface area (Å²) in [6.45, 7) is 1.65. The van der Waals surface area contributed by atoms with E-state index in [0.29, 0.717) is 0 Å². The van der Waals surface area contributed by atoms with Crippen LogP contribution >= 0.6 is 0 Å². The molecule has 0 saturated heterocycles. The minimum atomic E-state index is -0.363. The summed E-state index contributed by atoms with van der Waals surface area (Å²) in [5.74, 6) is 0. The summed E-state index contributed by atoms with van der Waals surface area (Å²) < 4.78 is 0. The van der Waals surface area contributed by atoms with Crippen molar-refractivity contribution in [2.75, 3.05) is 13.1 Å². The van der Waals surface area contributed by atoms with Gasteiger partial charge in [0.15, 0.2) is 0 Å². The molecule has 0 aliphatic rings. The first kappa shape index (κ1) is 17.4. The van der Waals surface area contributed by atoms with E-state index in [4.69, 9.17) is 5.73 Å². The molecule has 0 fully saturated rings. The standard InChI is InChI=1S/C23H26N2/c24-18-10-11-19-25-23(20-12-4-1-5-13-20,21-14-6-2-7-15-21)22-16-8-3-9-17-22/h1-9,12-17,25H,10-11,18-19,24H2. The Morgan fingerprint density at radius 2 is 1.00 bits per heavy atom. The molecule has 0 saturated carbocycles. The highest BCUT2D eigenvalue weighted by Crippen LogP contribution is 2.36. The van der Waals surface area contributed by atoms with E-state index in [1.54, 1.807) is 0 Å². The van der Waals surface area contributed by atoms with Gasteiger partial charge in [0.2, 0.25) is 0 Å². The van der Waals surface area contributed by atoms with Crippen molar-refractivity contribution in [1.29, 1.82) is 0 Å². The van der Waals surface area contributed by atoms with Crippen LogP contribution in [0.3, 0.4) is 0 Å². The molecule has 0 bridgehead atoms. The van der Waals surface area contributed by atoms with E-state index >= 15 is 0 Å². The van der Waals surface area contributed by atoms with Gasteiger partial charge in [0.05, 0.1) is 5.54 Å². The molecule has 3 N–H and O–H groups in total. The van der Waals surface area contributed by atoms with Gasteiger partial charge in [-0.25, -0.2) is 0 Å². The summed E-state index contributed by atoms with van der Waals surface area (Å²) in [6, 6.07) is 32.1. The van der Waals surface area contributed by atoms with Crippen LogP contribution in [0.25, 0.3) is 0 Å². The van der Waals surface area contributed by atoms with E-state index in [0.717, 1.165) is 25.9 Å². The smallest absolute Gasteiger partial charge is 0.0947 e. The molecular weight excluding hydrogens is 304 g/mol. The zero-order chi connectivity index (χ0) is 17.4. The Kier molecular flexibility index (Phi) is 5.99. The summed E-state index contributed by atoms with van der Waals surface area (Å²) in [5, 5.41) is 3.86.